The third kappa shape index (κ3) is 3.14. The van der Waals surface area contributed by atoms with Gasteiger partial charge in [0.25, 0.3) is 11.8 Å². The first-order valence-electron chi connectivity index (χ1n) is 8.97. The van der Waals surface area contributed by atoms with Crippen LogP contribution in [0.2, 0.25) is 0 Å². The van der Waals surface area contributed by atoms with E-state index in [0.29, 0.717) is 12.8 Å². The molecule has 1 N–H and O–H groups in total. The summed E-state index contributed by atoms with van der Waals surface area (Å²) in [4.78, 5) is 51.0. The number of ether oxygens (including phenoxy) is 1. The Morgan fingerprint density at radius 2 is 1.93 bits per heavy atom. The normalized spacial score (nSPS) is 18.6. The number of hydrogen-bond acceptors (Lipinski definition) is 6. The molecule has 1 spiro atoms. The maximum Gasteiger partial charge on any atom is 0.325 e. The van der Waals surface area contributed by atoms with Crippen molar-refractivity contribution in [2.24, 2.45) is 0 Å². The number of hydrogen-bond donors (Lipinski definition) is 1. The molecule has 28 heavy (non-hydrogen) atoms. The SMILES string of the molecule is COc1ccc(C(=O)N2CCC3(CC2)NC(=O)N(C(C)C)C3=O)cc1[N+](=O)[O-]. The van der Waals surface area contributed by atoms with Gasteiger partial charge >= 0.3 is 11.7 Å². The minimum atomic E-state index is -0.982. The lowest BCUT2D eigenvalue weighted by molar-refractivity contribution is -0.385. The van der Waals surface area contributed by atoms with Crippen LogP contribution in [-0.4, -0.2) is 64.3 Å². The van der Waals surface area contributed by atoms with Crippen molar-refractivity contribution in [1.82, 2.24) is 15.1 Å². The highest BCUT2D eigenvalue weighted by atomic mass is 16.6. The second-order valence-electron chi connectivity index (χ2n) is 7.22. The number of carbonyl (C=O) groups excluding carboxylic acids is 3. The van der Waals surface area contributed by atoms with E-state index in [1.165, 1.54) is 35.1 Å². The molecular formula is C18H22N4O6. The summed E-state index contributed by atoms with van der Waals surface area (Å²) in [5.41, 5.74) is -1.09. The topological polar surface area (TPSA) is 122 Å². The summed E-state index contributed by atoms with van der Waals surface area (Å²) in [6.45, 7) is 4.06. The molecule has 0 saturated carbocycles. The van der Waals surface area contributed by atoms with Gasteiger partial charge in [0.2, 0.25) is 0 Å². The number of benzene rings is 1. The zero-order chi connectivity index (χ0) is 20.6. The Labute approximate surface area is 161 Å². The monoisotopic (exact) mass is 390 g/mol. The number of urea groups is 1. The third-order valence-electron chi connectivity index (χ3n) is 5.24. The van der Waals surface area contributed by atoms with Crippen LogP contribution in [-0.2, 0) is 4.79 Å². The molecule has 2 aliphatic rings. The molecule has 2 saturated heterocycles. The van der Waals surface area contributed by atoms with E-state index in [9.17, 15) is 24.5 Å². The van der Waals surface area contributed by atoms with Crippen molar-refractivity contribution in [2.45, 2.75) is 38.3 Å². The number of nitro benzene ring substituents is 1. The molecule has 0 bridgehead atoms. The van der Waals surface area contributed by atoms with Crippen molar-refractivity contribution < 1.29 is 24.0 Å². The van der Waals surface area contributed by atoms with Crippen LogP contribution < -0.4 is 10.1 Å². The lowest BCUT2D eigenvalue weighted by Crippen LogP contribution is -2.56. The smallest absolute Gasteiger partial charge is 0.325 e. The predicted octanol–water partition coefficient (Wildman–Crippen LogP) is 1.54. The number of carbonyl (C=O) groups is 3. The predicted molar refractivity (Wildman–Crippen MR) is 98.0 cm³/mol. The fraction of sp³-hybridized carbons (Fsp3) is 0.500. The number of imide groups is 1. The molecule has 2 aliphatic heterocycles. The van der Waals surface area contributed by atoms with Crippen molar-refractivity contribution >= 4 is 23.5 Å². The van der Waals surface area contributed by atoms with E-state index in [0.717, 1.165) is 0 Å². The molecule has 0 aliphatic carbocycles. The highest BCUT2D eigenvalue weighted by Gasteiger charge is 2.53. The van der Waals surface area contributed by atoms with Gasteiger partial charge in [0.15, 0.2) is 5.75 Å². The second-order valence-corrected chi connectivity index (χ2v) is 7.22. The number of piperidine rings is 1. The van der Waals surface area contributed by atoms with Crippen molar-refractivity contribution in [3.05, 3.63) is 33.9 Å². The number of nitro groups is 1. The number of amides is 4. The van der Waals surface area contributed by atoms with Crippen LogP contribution in [0, 0.1) is 10.1 Å². The summed E-state index contributed by atoms with van der Waals surface area (Å²) in [5.74, 6) is -0.551. The molecular weight excluding hydrogens is 368 g/mol. The van der Waals surface area contributed by atoms with Crippen molar-refractivity contribution in [3.63, 3.8) is 0 Å². The van der Waals surface area contributed by atoms with Gasteiger partial charge in [0.1, 0.15) is 5.54 Å². The molecule has 2 heterocycles. The summed E-state index contributed by atoms with van der Waals surface area (Å²) >= 11 is 0. The fourth-order valence-electron chi connectivity index (χ4n) is 3.69. The van der Waals surface area contributed by atoms with Crippen molar-refractivity contribution in [3.8, 4) is 5.75 Å². The summed E-state index contributed by atoms with van der Waals surface area (Å²) in [6, 6.07) is 3.39. The minimum Gasteiger partial charge on any atom is -0.490 e. The Bertz CT molecular complexity index is 844. The summed E-state index contributed by atoms with van der Waals surface area (Å²) < 4.78 is 4.95. The summed E-state index contributed by atoms with van der Waals surface area (Å²) in [7, 11) is 1.32. The second kappa shape index (κ2) is 7.10. The molecule has 10 heteroatoms. The molecule has 0 unspecified atom stereocenters. The molecule has 1 aromatic rings. The summed E-state index contributed by atoms with van der Waals surface area (Å²) in [5, 5.41) is 14.0. The zero-order valence-electron chi connectivity index (χ0n) is 15.9. The van der Waals surface area contributed by atoms with E-state index in [4.69, 9.17) is 4.74 Å². The van der Waals surface area contributed by atoms with Crippen LogP contribution in [0.1, 0.15) is 37.0 Å². The Kier molecular flexibility index (Phi) is 4.97. The maximum absolute atomic E-state index is 12.8. The first-order chi connectivity index (χ1) is 13.2. The largest absolute Gasteiger partial charge is 0.490 e. The number of likely N-dealkylation sites (tertiary alicyclic amines) is 1. The van der Waals surface area contributed by atoms with Gasteiger partial charge in [-0.25, -0.2) is 4.79 Å². The number of nitrogens with zero attached hydrogens (tertiary/aromatic N) is 3. The highest BCUT2D eigenvalue weighted by molar-refractivity contribution is 6.07. The van der Waals surface area contributed by atoms with E-state index < -0.39 is 16.5 Å². The van der Waals surface area contributed by atoms with Crippen LogP contribution >= 0.6 is 0 Å². The maximum atomic E-state index is 12.8. The van der Waals surface area contributed by atoms with Crippen LogP contribution in [0.15, 0.2) is 18.2 Å². The summed E-state index contributed by atoms with van der Waals surface area (Å²) in [6.07, 6.45) is 0.593. The first kappa shape index (κ1) is 19.6. The molecule has 1 aromatic carbocycles. The van der Waals surface area contributed by atoms with Crippen LogP contribution in [0.4, 0.5) is 10.5 Å². The third-order valence-corrected chi connectivity index (χ3v) is 5.24. The van der Waals surface area contributed by atoms with E-state index >= 15 is 0 Å². The van der Waals surface area contributed by atoms with Gasteiger partial charge in [0, 0.05) is 30.8 Å². The Balaban J connectivity index is 1.74. The fourth-order valence-corrected chi connectivity index (χ4v) is 3.69. The van der Waals surface area contributed by atoms with Gasteiger partial charge in [-0.15, -0.1) is 0 Å². The molecule has 4 amide bonds. The van der Waals surface area contributed by atoms with Crippen molar-refractivity contribution in [1.29, 1.82) is 0 Å². The van der Waals surface area contributed by atoms with Gasteiger partial charge < -0.3 is 15.0 Å². The Morgan fingerprint density at radius 3 is 2.43 bits per heavy atom. The zero-order valence-corrected chi connectivity index (χ0v) is 15.9. The Morgan fingerprint density at radius 1 is 1.29 bits per heavy atom. The van der Waals surface area contributed by atoms with Gasteiger partial charge in [0.05, 0.1) is 12.0 Å². The van der Waals surface area contributed by atoms with E-state index in [-0.39, 0.29) is 47.9 Å². The first-order valence-corrected chi connectivity index (χ1v) is 8.97. The number of nitrogens with one attached hydrogen (secondary N) is 1. The van der Waals surface area contributed by atoms with Gasteiger partial charge in [-0.05, 0) is 38.8 Å². The lowest BCUT2D eigenvalue weighted by Gasteiger charge is -2.37. The molecule has 10 nitrogen and oxygen atoms in total. The molecule has 0 atom stereocenters. The van der Waals surface area contributed by atoms with E-state index in [1.54, 1.807) is 13.8 Å². The van der Waals surface area contributed by atoms with Crippen LogP contribution in [0.5, 0.6) is 5.75 Å². The molecule has 150 valence electrons. The van der Waals surface area contributed by atoms with Gasteiger partial charge in [-0.3, -0.25) is 24.6 Å². The number of rotatable bonds is 4. The average Bonchev–Trinajstić information content (AvgIpc) is 2.90. The van der Waals surface area contributed by atoms with E-state index in [2.05, 4.69) is 5.32 Å². The van der Waals surface area contributed by atoms with Crippen LogP contribution in [0.25, 0.3) is 0 Å². The molecule has 3 rings (SSSR count). The molecule has 0 radical (unpaired) electrons. The Hall–Kier alpha value is -3.17. The van der Waals surface area contributed by atoms with E-state index in [1.807, 2.05) is 0 Å². The standard InChI is InChI=1S/C18H22N4O6/c1-11(2)21-16(24)18(19-17(21)25)6-8-20(9-7-18)15(23)12-4-5-14(28-3)13(10-12)22(26)27/h4-5,10-11H,6-9H2,1-3H3,(H,19,25). The quantitative estimate of drug-likeness (QED) is 0.473. The minimum absolute atomic E-state index is 0.0761. The van der Waals surface area contributed by atoms with Gasteiger partial charge in [-0.1, -0.05) is 0 Å². The van der Waals surface area contributed by atoms with Crippen LogP contribution in [0.3, 0.4) is 0 Å². The molecule has 0 aromatic heterocycles. The lowest BCUT2D eigenvalue weighted by atomic mass is 9.87. The van der Waals surface area contributed by atoms with Crippen molar-refractivity contribution in [2.75, 3.05) is 20.2 Å². The van der Waals surface area contributed by atoms with Gasteiger partial charge in [-0.2, -0.15) is 0 Å². The average molecular weight is 390 g/mol. The highest BCUT2D eigenvalue weighted by Crippen LogP contribution is 2.32. The number of methoxy groups -OCH3 is 1. The molecule has 2 fully saturated rings.